The number of allylic oxidation sites excluding steroid dienone is 1. The van der Waals surface area contributed by atoms with Gasteiger partial charge in [-0.1, -0.05) is 39.7 Å². The number of halogens is 2. The zero-order chi connectivity index (χ0) is 21.5. The summed E-state index contributed by atoms with van der Waals surface area (Å²) in [5, 5.41) is 0.518. The van der Waals surface area contributed by atoms with Crippen LogP contribution in [0.25, 0.3) is 6.08 Å². The smallest absolute Gasteiger partial charge is 0.185 e. The van der Waals surface area contributed by atoms with Crippen LogP contribution >= 0.6 is 27.5 Å². The third kappa shape index (κ3) is 5.65. The molecule has 3 aromatic rings. The number of hydrogen-bond acceptors (Lipinski definition) is 4. The molecule has 0 heterocycles. The first-order chi connectivity index (χ1) is 14.5. The predicted molar refractivity (Wildman–Crippen MR) is 123 cm³/mol. The zero-order valence-corrected chi connectivity index (χ0v) is 18.9. The molecule has 0 unspecified atom stereocenters. The summed E-state index contributed by atoms with van der Waals surface area (Å²) in [6.45, 7) is 0.276. The Labute approximate surface area is 189 Å². The van der Waals surface area contributed by atoms with Crippen molar-refractivity contribution >= 4 is 39.4 Å². The van der Waals surface area contributed by atoms with E-state index in [0.717, 1.165) is 15.6 Å². The van der Waals surface area contributed by atoms with Gasteiger partial charge in [0.1, 0.15) is 23.9 Å². The normalized spacial score (nSPS) is 10.8. The number of methoxy groups -OCH3 is 2. The lowest BCUT2D eigenvalue weighted by molar-refractivity contribution is 0.104. The second-order valence-corrected chi connectivity index (χ2v) is 7.68. The lowest BCUT2D eigenvalue weighted by atomic mass is 10.1. The van der Waals surface area contributed by atoms with Gasteiger partial charge in [0.05, 0.1) is 19.2 Å². The molecule has 0 aliphatic rings. The molecule has 0 aromatic heterocycles. The Morgan fingerprint density at radius 2 is 1.70 bits per heavy atom. The number of ketones is 1. The maximum Gasteiger partial charge on any atom is 0.185 e. The summed E-state index contributed by atoms with van der Waals surface area (Å²) in [4.78, 5) is 12.4. The largest absolute Gasteiger partial charge is 0.497 e. The Kier molecular flexibility index (Phi) is 7.55. The lowest BCUT2D eigenvalue weighted by Crippen LogP contribution is -2.00. The Balaban J connectivity index is 1.74. The minimum Gasteiger partial charge on any atom is -0.497 e. The molecule has 0 spiro atoms. The molecule has 0 fully saturated rings. The van der Waals surface area contributed by atoms with Gasteiger partial charge in [-0.05, 0) is 66.2 Å². The molecule has 6 heteroatoms. The summed E-state index contributed by atoms with van der Waals surface area (Å²) in [7, 11) is 3.19. The first-order valence-corrected chi connectivity index (χ1v) is 10.3. The summed E-state index contributed by atoms with van der Waals surface area (Å²) in [5.41, 5.74) is 2.29. The van der Waals surface area contributed by atoms with Crippen LogP contribution in [0.4, 0.5) is 0 Å². The van der Waals surface area contributed by atoms with Gasteiger partial charge in [0.15, 0.2) is 5.78 Å². The minimum absolute atomic E-state index is 0.0899. The maximum atomic E-state index is 12.4. The molecule has 0 saturated carbocycles. The van der Waals surface area contributed by atoms with Gasteiger partial charge < -0.3 is 14.2 Å². The van der Waals surface area contributed by atoms with Crippen LogP contribution in [0.3, 0.4) is 0 Å². The van der Waals surface area contributed by atoms with Gasteiger partial charge in [-0.15, -0.1) is 0 Å². The average Bonchev–Trinajstić information content (AvgIpc) is 2.77. The van der Waals surface area contributed by atoms with Crippen molar-refractivity contribution in [2.75, 3.05) is 14.2 Å². The van der Waals surface area contributed by atoms with Crippen molar-refractivity contribution in [3.05, 3.63) is 92.9 Å². The van der Waals surface area contributed by atoms with Gasteiger partial charge >= 0.3 is 0 Å². The van der Waals surface area contributed by atoms with E-state index in [1.165, 1.54) is 0 Å². The van der Waals surface area contributed by atoms with Crippen molar-refractivity contribution in [3.63, 3.8) is 0 Å². The molecule has 0 aliphatic heterocycles. The number of ether oxygens (including phenoxy) is 3. The summed E-state index contributed by atoms with van der Waals surface area (Å²) < 4.78 is 17.3. The molecule has 154 valence electrons. The van der Waals surface area contributed by atoms with Gasteiger partial charge in [-0.25, -0.2) is 0 Å². The molecular weight excluding hydrogens is 468 g/mol. The van der Waals surface area contributed by atoms with E-state index in [2.05, 4.69) is 15.9 Å². The molecule has 0 amide bonds. The molecule has 30 heavy (non-hydrogen) atoms. The Morgan fingerprint density at radius 3 is 2.37 bits per heavy atom. The van der Waals surface area contributed by atoms with Crippen LogP contribution in [0.1, 0.15) is 21.5 Å². The fraction of sp³-hybridized carbons (Fsp3) is 0.125. The van der Waals surface area contributed by atoms with Gasteiger partial charge in [0.2, 0.25) is 0 Å². The Hall–Kier alpha value is -2.76. The van der Waals surface area contributed by atoms with E-state index in [1.807, 2.05) is 24.3 Å². The SMILES string of the molecule is COc1ccc(C(=O)/C=C/c2ccc(OC)c(COc3ccc(Br)cc3Cl)c2)cc1. The van der Waals surface area contributed by atoms with Crippen LogP contribution in [-0.2, 0) is 6.61 Å². The van der Waals surface area contributed by atoms with E-state index in [9.17, 15) is 4.79 Å². The topological polar surface area (TPSA) is 44.8 Å². The molecule has 0 saturated heterocycles. The molecular formula is C24H20BrClO4. The summed E-state index contributed by atoms with van der Waals surface area (Å²) in [6, 6.07) is 18.1. The van der Waals surface area contributed by atoms with Gasteiger partial charge in [-0.3, -0.25) is 4.79 Å². The molecule has 0 atom stereocenters. The lowest BCUT2D eigenvalue weighted by Gasteiger charge is -2.12. The quantitative estimate of drug-likeness (QED) is 0.265. The first kappa shape index (κ1) is 21.9. The van der Waals surface area contributed by atoms with Crippen LogP contribution < -0.4 is 14.2 Å². The fourth-order valence-corrected chi connectivity index (χ4v) is 3.51. The molecule has 0 aliphatic carbocycles. The van der Waals surface area contributed by atoms with Crippen LogP contribution in [0.5, 0.6) is 17.2 Å². The number of benzene rings is 3. The number of rotatable bonds is 8. The molecule has 3 aromatic carbocycles. The van der Waals surface area contributed by atoms with E-state index in [0.29, 0.717) is 27.8 Å². The molecule has 4 nitrogen and oxygen atoms in total. The van der Waals surface area contributed by atoms with Crippen molar-refractivity contribution in [3.8, 4) is 17.2 Å². The molecule has 0 bridgehead atoms. The van der Waals surface area contributed by atoms with Crippen LogP contribution in [0.15, 0.2) is 71.2 Å². The minimum atomic E-state index is -0.0899. The van der Waals surface area contributed by atoms with E-state index in [4.69, 9.17) is 25.8 Å². The molecule has 0 N–H and O–H groups in total. The van der Waals surface area contributed by atoms with E-state index >= 15 is 0 Å². The highest BCUT2D eigenvalue weighted by Gasteiger charge is 2.08. The van der Waals surface area contributed by atoms with Crippen molar-refractivity contribution < 1.29 is 19.0 Å². The van der Waals surface area contributed by atoms with Crippen LogP contribution in [0, 0.1) is 0 Å². The van der Waals surface area contributed by atoms with Crippen molar-refractivity contribution in [2.45, 2.75) is 6.61 Å². The zero-order valence-electron chi connectivity index (χ0n) is 16.5. The van der Waals surface area contributed by atoms with Crippen LogP contribution in [0.2, 0.25) is 5.02 Å². The second kappa shape index (κ2) is 10.3. The van der Waals surface area contributed by atoms with Crippen molar-refractivity contribution in [1.29, 1.82) is 0 Å². The van der Waals surface area contributed by atoms with Gasteiger partial charge in [-0.2, -0.15) is 0 Å². The Bertz CT molecular complexity index is 1060. The predicted octanol–water partition coefficient (Wildman–Crippen LogP) is 6.59. The Morgan fingerprint density at radius 1 is 0.967 bits per heavy atom. The second-order valence-electron chi connectivity index (χ2n) is 6.36. The van der Waals surface area contributed by atoms with Crippen molar-refractivity contribution in [1.82, 2.24) is 0 Å². The number of hydrogen-bond donors (Lipinski definition) is 0. The van der Waals surface area contributed by atoms with Gasteiger partial charge in [0, 0.05) is 15.6 Å². The van der Waals surface area contributed by atoms with E-state index < -0.39 is 0 Å². The molecule has 3 rings (SSSR count). The summed E-state index contributed by atoms with van der Waals surface area (Å²) in [5.74, 6) is 1.90. The van der Waals surface area contributed by atoms with Gasteiger partial charge in [0.25, 0.3) is 0 Å². The number of carbonyl (C=O) groups excluding carboxylic acids is 1. The monoisotopic (exact) mass is 486 g/mol. The number of carbonyl (C=O) groups is 1. The van der Waals surface area contributed by atoms with E-state index in [-0.39, 0.29) is 12.4 Å². The van der Waals surface area contributed by atoms with Crippen LogP contribution in [-0.4, -0.2) is 20.0 Å². The molecule has 0 radical (unpaired) electrons. The highest BCUT2D eigenvalue weighted by Crippen LogP contribution is 2.30. The third-order valence-electron chi connectivity index (χ3n) is 4.38. The third-order valence-corrected chi connectivity index (χ3v) is 5.17. The fourth-order valence-electron chi connectivity index (χ4n) is 2.79. The first-order valence-electron chi connectivity index (χ1n) is 9.11. The average molecular weight is 488 g/mol. The van der Waals surface area contributed by atoms with Crippen molar-refractivity contribution in [2.24, 2.45) is 0 Å². The summed E-state index contributed by atoms with van der Waals surface area (Å²) in [6.07, 6.45) is 3.31. The standard InChI is InChI=1S/C24H20BrClO4/c1-28-20-8-5-17(6-9-20)22(27)10-3-16-4-11-23(29-2)18(13-16)15-30-24-12-7-19(25)14-21(24)26/h3-14H,15H2,1-2H3/b10-3+. The highest BCUT2D eigenvalue weighted by atomic mass is 79.9. The maximum absolute atomic E-state index is 12.4. The summed E-state index contributed by atoms with van der Waals surface area (Å²) >= 11 is 9.60. The highest BCUT2D eigenvalue weighted by molar-refractivity contribution is 9.10. The van der Waals surface area contributed by atoms with E-state index in [1.54, 1.807) is 62.8 Å².